The average molecular weight is 367 g/mol. The number of carbonyl (C=O) groups is 1. The van der Waals surface area contributed by atoms with Crippen molar-refractivity contribution in [1.82, 2.24) is 15.3 Å². The van der Waals surface area contributed by atoms with Gasteiger partial charge in [-0.25, -0.2) is 4.98 Å². The van der Waals surface area contributed by atoms with E-state index in [1.54, 1.807) is 0 Å². The summed E-state index contributed by atoms with van der Waals surface area (Å²) in [5, 5.41) is 3.43. The predicted molar refractivity (Wildman–Crippen MR) is 103 cm³/mol. The lowest BCUT2D eigenvalue weighted by Crippen LogP contribution is -2.34. The molecule has 1 amide bonds. The lowest BCUT2D eigenvalue weighted by molar-refractivity contribution is -0.121. The van der Waals surface area contributed by atoms with Crippen molar-refractivity contribution in [1.29, 1.82) is 0 Å². The molecule has 1 aliphatic heterocycles. The molecule has 2 heterocycles. The van der Waals surface area contributed by atoms with Gasteiger partial charge in [0, 0.05) is 13.2 Å². The zero-order valence-corrected chi connectivity index (χ0v) is 15.2. The molecule has 1 saturated heterocycles. The number of imidazole rings is 1. The van der Waals surface area contributed by atoms with E-state index in [1.165, 1.54) is 11.8 Å². The number of aromatic amines is 1. The standard InChI is InChI=1S/C20H21N3O2S/c24-19(21-13-15-9-6-12-25-15)18(14-7-2-1-3-8-14)26-20-22-16-10-4-5-11-17(16)23-20/h1-5,7-8,10-11,15,18H,6,9,12-13H2,(H,21,24)(H,22,23). The van der Waals surface area contributed by atoms with E-state index < -0.39 is 0 Å². The summed E-state index contributed by atoms with van der Waals surface area (Å²) >= 11 is 1.44. The van der Waals surface area contributed by atoms with Crippen LogP contribution in [0, 0.1) is 0 Å². The lowest BCUT2D eigenvalue weighted by Gasteiger charge is -2.17. The Kier molecular flexibility index (Phi) is 5.22. The van der Waals surface area contributed by atoms with Crippen LogP contribution < -0.4 is 5.32 Å². The summed E-state index contributed by atoms with van der Waals surface area (Å²) in [5.74, 6) is -0.0165. The molecule has 134 valence electrons. The fraction of sp³-hybridized carbons (Fsp3) is 0.300. The number of hydrogen-bond acceptors (Lipinski definition) is 4. The van der Waals surface area contributed by atoms with Gasteiger partial charge in [0.05, 0.1) is 17.1 Å². The summed E-state index contributed by atoms with van der Waals surface area (Å²) in [6.07, 6.45) is 2.20. The van der Waals surface area contributed by atoms with Crippen molar-refractivity contribution in [2.24, 2.45) is 0 Å². The number of nitrogens with one attached hydrogen (secondary N) is 2. The van der Waals surface area contributed by atoms with Crippen molar-refractivity contribution in [2.45, 2.75) is 29.4 Å². The van der Waals surface area contributed by atoms with Crippen molar-refractivity contribution < 1.29 is 9.53 Å². The number of para-hydroxylation sites is 2. The first-order valence-electron chi connectivity index (χ1n) is 8.85. The van der Waals surface area contributed by atoms with Crippen LogP contribution in [0.3, 0.4) is 0 Å². The SMILES string of the molecule is O=C(NCC1CCCO1)C(Sc1nc2ccccc2[nH]1)c1ccccc1. The van der Waals surface area contributed by atoms with Crippen LogP contribution in [0.5, 0.6) is 0 Å². The van der Waals surface area contributed by atoms with E-state index in [4.69, 9.17) is 4.74 Å². The smallest absolute Gasteiger partial charge is 0.238 e. The molecule has 3 aromatic rings. The van der Waals surface area contributed by atoms with Gasteiger partial charge in [-0.2, -0.15) is 0 Å². The van der Waals surface area contributed by atoms with E-state index in [0.717, 1.165) is 41.2 Å². The molecule has 0 bridgehead atoms. The van der Waals surface area contributed by atoms with Gasteiger partial charge >= 0.3 is 0 Å². The van der Waals surface area contributed by atoms with Crippen molar-refractivity contribution in [3.63, 3.8) is 0 Å². The quantitative estimate of drug-likeness (QED) is 0.652. The molecule has 2 aromatic carbocycles. The van der Waals surface area contributed by atoms with Crippen molar-refractivity contribution in [3.05, 3.63) is 60.2 Å². The number of ether oxygens (including phenoxy) is 1. The number of amides is 1. The van der Waals surface area contributed by atoms with Crippen LogP contribution in [0.2, 0.25) is 0 Å². The van der Waals surface area contributed by atoms with Crippen molar-refractivity contribution >= 4 is 28.7 Å². The molecular weight excluding hydrogens is 346 g/mol. The van der Waals surface area contributed by atoms with E-state index in [1.807, 2.05) is 54.6 Å². The van der Waals surface area contributed by atoms with E-state index in [9.17, 15) is 4.79 Å². The van der Waals surface area contributed by atoms with Gasteiger partial charge in [0.15, 0.2) is 5.16 Å². The van der Waals surface area contributed by atoms with Crippen molar-refractivity contribution in [2.75, 3.05) is 13.2 Å². The first kappa shape index (κ1) is 17.1. The zero-order valence-electron chi connectivity index (χ0n) is 14.4. The van der Waals surface area contributed by atoms with Gasteiger partial charge in [-0.3, -0.25) is 4.79 Å². The normalized spacial score (nSPS) is 18.1. The molecule has 2 N–H and O–H groups in total. The summed E-state index contributed by atoms with van der Waals surface area (Å²) < 4.78 is 5.61. The fourth-order valence-electron chi connectivity index (χ4n) is 3.11. The Morgan fingerprint density at radius 1 is 1.23 bits per heavy atom. The molecule has 0 spiro atoms. The molecule has 1 aliphatic rings. The highest BCUT2D eigenvalue weighted by Crippen LogP contribution is 2.34. The Morgan fingerprint density at radius 3 is 2.81 bits per heavy atom. The van der Waals surface area contributed by atoms with Crippen LogP contribution in [0.1, 0.15) is 23.7 Å². The number of fused-ring (bicyclic) bond motifs is 1. The van der Waals surface area contributed by atoms with Crippen LogP contribution in [0.15, 0.2) is 59.8 Å². The third-order valence-corrected chi connectivity index (χ3v) is 5.60. The Morgan fingerprint density at radius 2 is 2.04 bits per heavy atom. The number of aromatic nitrogens is 2. The van der Waals surface area contributed by atoms with Crippen LogP contribution >= 0.6 is 11.8 Å². The number of thioether (sulfide) groups is 1. The molecule has 5 nitrogen and oxygen atoms in total. The van der Waals surface area contributed by atoms with Crippen LogP contribution in [0.4, 0.5) is 0 Å². The molecule has 0 radical (unpaired) electrons. The number of benzene rings is 2. The molecule has 2 atom stereocenters. The maximum atomic E-state index is 12.9. The van der Waals surface area contributed by atoms with Crippen LogP contribution in [-0.2, 0) is 9.53 Å². The summed E-state index contributed by atoms with van der Waals surface area (Å²) in [5.41, 5.74) is 2.84. The molecule has 4 rings (SSSR count). The molecule has 2 unspecified atom stereocenters. The lowest BCUT2D eigenvalue weighted by atomic mass is 10.1. The number of H-pyrrole nitrogens is 1. The van der Waals surface area contributed by atoms with Gasteiger partial charge in [0.2, 0.25) is 5.91 Å². The molecule has 0 saturated carbocycles. The molecular formula is C20H21N3O2S. The summed E-state index contributed by atoms with van der Waals surface area (Å²) in [4.78, 5) is 20.8. The average Bonchev–Trinajstić information content (AvgIpc) is 3.34. The molecule has 6 heteroatoms. The van der Waals surface area contributed by atoms with Gasteiger partial charge in [-0.1, -0.05) is 54.2 Å². The second-order valence-electron chi connectivity index (χ2n) is 6.35. The Labute approximate surface area is 156 Å². The third-order valence-electron chi connectivity index (χ3n) is 4.47. The van der Waals surface area contributed by atoms with Gasteiger partial charge in [-0.15, -0.1) is 0 Å². The van der Waals surface area contributed by atoms with Gasteiger partial charge in [0.1, 0.15) is 5.25 Å². The van der Waals surface area contributed by atoms with E-state index in [0.29, 0.717) is 6.54 Å². The van der Waals surface area contributed by atoms with Gasteiger partial charge in [-0.05, 0) is 30.5 Å². The number of rotatable bonds is 6. The number of carbonyl (C=O) groups excluding carboxylic acids is 1. The highest BCUT2D eigenvalue weighted by molar-refractivity contribution is 8.00. The first-order chi connectivity index (χ1) is 12.8. The van der Waals surface area contributed by atoms with E-state index >= 15 is 0 Å². The van der Waals surface area contributed by atoms with Crippen molar-refractivity contribution in [3.8, 4) is 0 Å². The third kappa shape index (κ3) is 3.92. The second kappa shape index (κ2) is 7.93. The van der Waals surface area contributed by atoms with Crippen LogP contribution in [0.25, 0.3) is 11.0 Å². The van der Waals surface area contributed by atoms with E-state index in [-0.39, 0.29) is 17.3 Å². The summed E-state index contributed by atoms with van der Waals surface area (Å²) in [6, 6.07) is 17.7. The van der Waals surface area contributed by atoms with Gasteiger partial charge in [0.25, 0.3) is 0 Å². The maximum Gasteiger partial charge on any atom is 0.238 e. The Bertz CT molecular complexity index is 842. The molecule has 0 aliphatic carbocycles. The zero-order chi connectivity index (χ0) is 17.8. The molecule has 1 fully saturated rings. The van der Waals surface area contributed by atoms with E-state index in [2.05, 4.69) is 15.3 Å². The fourth-order valence-corrected chi connectivity index (χ4v) is 4.14. The molecule has 1 aromatic heterocycles. The minimum Gasteiger partial charge on any atom is -0.376 e. The molecule has 26 heavy (non-hydrogen) atoms. The summed E-state index contributed by atoms with van der Waals surface area (Å²) in [7, 11) is 0. The summed E-state index contributed by atoms with van der Waals surface area (Å²) in [6.45, 7) is 1.35. The largest absolute Gasteiger partial charge is 0.376 e. The first-order valence-corrected chi connectivity index (χ1v) is 9.73. The number of hydrogen-bond donors (Lipinski definition) is 2. The monoisotopic (exact) mass is 367 g/mol. The van der Waals surface area contributed by atoms with Gasteiger partial charge < -0.3 is 15.0 Å². The minimum absolute atomic E-state index is 0.0165. The van der Waals surface area contributed by atoms with Crippen LogP contribution in [-0.4, -0.2) is 35.1 Å². The highest BCUT2D eigenvalue weighted by Gasteiger charge is 2.25. The highest BCUT2D eigenvalue weighted by atomic mass is 32.2. The maximum absolute atomic E-state index is 12.9. The minimum atomic E-state index is -0.363. The predicted octanol–water partition coefficient (Wildman–Crippen LogP) is 3.69. The second-order valence-corrected chi connectivity index (χ2v) is 7.44. The Balaban J connectivity index is 1.53. The topological polar surface area (TPSA) is 67.0 Å². The Hall–Kier alpha value is -2.31. The number of nitrogens with zero attached hydrogens (tertiary/aromatic N) is 1.